The number of nitrogens with zero attached hydrogens (tertiary/aromatic N) is 1. The Hall–Kier alpha value is -3.99. The Morgan fingerprint density at radius 1 is 0.743 bits per heavy atom. The first kappa shape index (κ1) is 20.4. The fourth-order valence-corrected chi connectivity index (χ4v) is 6.53. The molecule has 0 N–H and O–H groups in total. The van der Waals surface area contributed by atoms with Crippen molar-refractivity contribution >= 4 is 23.5 Å². The molecule has 8 rings (SSSR count). The first-order valence-corrected chi connectivity index (χ1v) is 12.1. The molecule has 1 heterocycles. The minimum absolute atomic E-state index is 0.100. The summed E-state index contributed by atoms with van der Waals surface area (Å²) in [4.78, 5) is 40.9. The van der Waals surface area contributed by atoms with Gasteiger partial charge in [-0.25, -0.2) is 4.79 Å². The van der Waals surface area contributed by atoms with Crippen molar-refractivity contribution < 1.29 is 19.1 Å². The number of rotatable bonds is 4. The highest BCUT2D eigenvalue weighted by atomic mass is 16.5. The molecule has 5 aliphatic rings. The van der Waals surface area contributed by atoms with Gasteiger partial charge in [-0.1, -0.05) is 60.7 Å². The zero-order valence-electron chi connectivity index (χ0n) is 18.9. The van der Waals surface area contributed by atoms with Gasteiger partial charge in [-0.05, 0) is 66.0 Å². The number of carbonyl (C=O) groups is 3. The van der Waals surface area contributed by atoms with Gasteiger partial charge in [0.1, 0.15) is 5.75 Å². The number of amides is 2. The first-order valence-electron chi connectivity index (χ1n) is 12.1. The molecular formula is C30H23NO4. The lowest BCUT2D eigenvalue weighted by atomic mass is 9.63. The third-order valence-corrected chi connectivity index (χ3v) is 8.20. The molecular weight excluding hydrogens is 438 g/mol. The Morgan fingerprint density at radius 3 is 2.00 bits per heavy atom. The van der Waals surface area contributed by atoms with Crippen LogP contribution in [0, 0.1) is 35.5 Å². The SMILES string of the molecule is O=C(Oc1ccccc1-c1ccccc1)c1ccc(N2C(=O)[C@@H]3[C@H]4C=C[C@@H]([C@@H]5C[C@H]45)[C@@H]3C2=O)cc1. The highest BCUT2D eigenvalue weighted by Crippen LogP contribution is 2.65. The summed E-state index contributed by atoms with van der Waals surface area (Å²) in [5, 5.41) is 0. The molecule has 3 aromatic rings. The maximum Gasteiger partial charge on any atom is 0.343 e. The van der Waals surface area contributed by atoms with Gasteiger partial charge in [-0.3, -0.25) is 14.5 Å². The van der Waals surface area contributed by atoms with E-state index in [0.717, 1.165) is 17.5 Å². The van der Waals surface area contributed by atoms with E-state index >= 15 is 0 Å². The normalized spacial score (nSPS) is 29.7. The summed E-state index contributed by atoms with van der Waals surface area (Å²) in [7, 11) is 0. The van der Waals surface area contributed by atoms with Crippen LogP contribution in [0.2, 0.25) is 0 Å². The van der Waals surface area contributed by atoms with Crippen molar-refractivity contribution in [1.82, 2.24) is 0 Å². The molecule has 0 unspecified atom stereocenters. The van der Waals surface area contributed by atoms with E-state index in [1.807, 2.05) is 48.5 Å². The van der Waals surface area contributed by atoms with E-state index in [1.54, 1.807) is 30.3 Å². The Labute approximate surface area is 203 Å². The van der Waals surface area contributed by atoms with Crippen molar-refractivity contribution in [2.75, 3.05) is 4.90 Å². The molecule has 2 bridgehead atoms. The van der Waals surface area contributed by atoms with Crippen LogP contribution in [0.15, 0.2) is 91.0 Å². The van der Waals surface area contributed by atoms with Crippen molar-refractivity contribution in [2.45, 2.75) is 6.42 Å². The van der Waals surface area contributed by atoms with Gasteiger partial charge in [0.15, 0.2) is 0 Å². The fraction of sp³-hybridized carbons (Fsp3) is 0.233. The van der Waals surface area contributed by atoms with E-state index in [9.17, 15) is 14.4 Å². The number of anilines is 1. The second-order valence-corrected chi connectivity index (χ2v) is 9.97. The Morgan fingerprint density at radius 2 is 1.34 bits per heavy atom. The molecule has 0 aromatic heterocycles. The molecule has 3 aromatic carbocycles. The van der Waals surface area contributed by atoms with Crippen LogP contribution in [0.1, 0.15) is 16.8 Å². The standard InChI is InChI=1S/C30H23NO4/c32-28-26-21-14-15-22(24-16-23(21)24)27(26)29(33)31(28)19-12-10-18(11-13-19)30(34)35-25-9-5-4-8-20(25)17-6-2-1-3-7-17/h1-15,21-24,26-27H,16H2/t21-,22-,23-,24+,26-,27+/m0/s1. The average Bonchev–Trinajstić information content (AvgIpc) is 3.68. The summed E-state index contributed by atoms with van der Waals surface area (Å²) in [5.41, 5.74) is 2.66. The van der Waals surface area contributed by atoms with Gasteiger partial charge in [-0.15, -0.1) is 0 Å². The molecule has 6 atom stereocenters. The van der Waals surface area contributed by atoms with E-state index < -0.39 is 5.97 Å². The van der Waals surface area contributed by atoms with Gasteiger partial charge in [0.05, 0.1) is 23.1 Å². The van der Waals surface area contributed by atoms with Crippen molar-refractivity contribution in [2.24, 2.45) is 35.5 Å². The minimum atomic E-state index is -0.491. The zero-order chi connectivity index (χ0) is 23.7. The fourth-order valence-electron chi connectivity index (χ4n) is 6.53. The van der Waals surface area contributed by atoms with E-state index in [1.165, 1.54) is 4.90 Å². The summed E-state index contributed by atoms with van der Waals surface area (Å²) < 4.78 is 5.73. The Kier molecular flexibility index (Phi) is 4.37. The van der Waals surface area contributed by atoms with E-state index in [4.69, 9.17) is 4.74 Å². The molecule has 1 saturated heterocycles. The topological polar surface area (TPSA) is 63.7 Å². The number of ether oxygens (including phenoxy) is 1. The Bertz CT molecular complexity index is 1360. The van der Waals surface area contributed by atoms with Gasteiger partial charge in [0.2, 0.25) is 11.8 Å². The van der Waals surface area contributed by atoms with E-state index in [0.29, 0.717) is 28.8 Å². The molecule has 3 fully saturated rings. The van der Waals surface area contributed by atoms with Gasteiger partial charge in [0, 0.05) is 5.56 Å². The van der Waals surface area contributed by atoms with Crippen LogP contribution in [0.3, 0.4) is 0 Å². The quantitative estimate of drug-likeness (QED) is 0.234. The third-order valence-electron chi connectivity index (χ3n) is 8.20. The molecule has 4 aliphatic carbocycles. The second-order valence-electron chi connectivity index (χ2n) is 9.97. The molecule has 5 heteroatoms. The Balaban J connectivity index is 1.12. The predicted octanol–water partition coefficient (Wildman–Crippen LogP) is 5.13. The molecule has 35 heavy (non-hydrogen) atoms. The van der Waals surface area contributed by atoms with Gasteiger partial charge < -0.3 is 4.74 Å². The van der Waals surface area contributed by atoms with Crippen molar-refractivity contribution in [1.29, 1.82) is 0 Å². The number of esters is 1. The summed E-state index contributed by atoms with van der Waals surface area (Å²) >= 11 is 0. The number of para-hydroxylation sites is 1. The maximum atomic E-state index is 13.3. The molecule has 2 saturated carbocycles. The van der Waals surface area contributed by atoms with Crippen molar-refractivity contribution in [3.63, 3.8) is 0 Å². The molecule has 0 radical (unpaired) electrons. The molecule has 0 spiro atoms. The largest absolute Gasteiger partial charge is 0.422 e. The average molecular weight is 462 g/mol. The van der Waals surface area contributed by atoms with Crippen LogP contribution in [0.4, 0.5) is 5.69 Å². The molecule has 1 aliphatic heterocycles. The van der Waals surface area contributed by atoms with Gasteiger partial charge in [-0.2, -0.15) is 0 Å². The van der Waals surface area contributed by atoms with Crippen LogP contribution in [0.5, 0.6) is 5.75 Å². The summed E-state index contributed by atoms with van der Waals surface area (Å²) in [6.07, 6.45) is 5.47. The molecule has 2 amide bonds. The van der Waals surface area contributed by atoms with E-state index in [-0.39, 0.29) is 35.5 Å². The third kappa shape index (κ3) is 3.04. The van der Waals surface area contributed by atoms with Crippen LogP contribution in [0.25, 0.3) is 11.1 Å². The number of imide groups is 1. The smallest absolute Gasteiger partial charge is 0.343 e. The van der Waals surface area contributed by atoms with Crippen molar-refractivity contribution in [3.05, 3.63) is 96.6 Å². The highest BCUT2D eigenvalue weighted by molar-refractivity contribution is 6.22. The number of hydrogen-bond acceptors (Lipinski definition) is 4. The zero-order valence-corrected chi connectivity index (χ0v) is 18.9. The lowest BCUT2D eigenvalue weighted by Gasteiger charge is -2.37. The summed E-state index contributed by atoms with van der Waals surface area (Å²) in [6, 6.07) is 23.7. The first-order chi connectivity index (χ1) is 17.1. The lowest BCUT2D eigenvalue weighted by molar-refractivity contribution is -0.124. The van der Waals surface area contributed by atoms with E-state index in [2.05, 4.69) is 12.2 Å². The highest BCUT2D eigenvalue weighted by Gasteiger charge is 2.67. The lowest BCUT2D eigenvalue weighted by Crippen LogP contribution is -2.40. The van der Waals surface area contributed by atoms with Crippen molar-refractivity contribution in [3.8, 4) is 16.9 Å². The number of hydrogen-bond donors (Lipinski definition) is 0. The number of carbonyl (C=O) groups excluding carboxylic acids is 3. The van der Waals surface area contributed by atoms with Crippen LogP contribution < -0.4 is 9.64 Å². The second kappa shape index (κ2) is 7.51. The minimum Gasteiger partial charge on any atom is -0.422 e. The summed E-state index contributed by atoms with van der Waals surface area (Å²) in [6.45, 7) is 0. The summed E-state index contributed by atoms with van der Waals surface area (Å²) in [5.74, 6) is 0.830. The number of allylic oxidation sites excluding steroid dienone is 2. The van der Waals surface area contributed by atoms with Gasteiger partial charge >= 0.3 is 5.97 Å². The molecule has 172 valence electrons. The molecule has 5 nitrogen and oxygen atoms in total. The van der Waals surface area contributed by atoms with Crippen LogP contribution >= 0.6 is 0 Å². The predicted molar refractivity (Wildman–Crippen MR) is 130 cm³/mol. The van der Waals surface area contributed by atoms with Crippen LogP contribution in [-0.4, -0.2) is 17.8 Å². The monoisotopic (exact) mass is 461 g/mol. The van der Waals surface area contributed by atoms with Gasteiger partial charge in [0.25, 0.3) is 0 Å². The number of benzene rings is 3. The van der Waals surface area contributed by atoms with Crippen LogP contribution in [-0.2, 0) is 9.59 Å². The maximum absolute atomic E-state index is 13.3.